The van der Waals surface area contributed by atoms with Gasteiger partial charge in [-0.1, -0.05) is 6.07 Å². The van der Waals surface area contributed by atoms with Gasteiger partial charge in [0.05, 0.1) is 20.1 Å². The number of alkyl halides is 19. The van der Waals surface area contributed by atoms with E-state index >= 15 is 0 Å². The molecule has 0 aliphatic carbocycles. The highest BCUT2D eigenvalue weighted by Crippen LogP contribution is 2.65. The second-order valence-electron chi connectivity index (χ2n) is 8.88. The summed E-state index contributed by atoms with van der Waals surface area (Å²) in [5.74, 6) is -67.5. The number of halogens is 19. The predicted molar refractivity (Wildman–Crippen MR) is 112 cm³/mol. The second kappa shape index (κ2) is 12.2. The molecule has 2 N–H and O–H groups in total. The van der Waals surface area contributed by atoms with Crippen LogP contribution in [0, 0.1) is 6.92 Å². The topological polar surface area (TPSA) is 76.7 Å². The molecule has 0 aromatic heterocycles. The zero-order valence-corrected chi connectivity index (χ0v) is 22.0. The van der Waals surface area contributed by atoms with Crippen molar-refractivity contribution in [1.82, 2.24) is 0 Å². The summed E-state index contributed by atoms with van der Waals surface area (Å²) in [5.41, 5.74) is -0.118. The Morgan fingerprint density at radius 2 is 1.02 bits per heavy atom. The molecule has 0 aliphatic rings. The minimum Gasteiger partial charge on any atom is -0.453 e. The lowest BCUT2D eigenvalue weighted by Crippen LogP contribution is -2.75. The van der Waals surface area contributed by atoms with Crippen molar-refractivity contribution in [3.05, 3.63) is 23.8 Å². The Hall–Kier alpha value is -3.57. The van der Waals surface area contributed by atoms with Gasteiger partial charge in [0.25, 0.3) is 0 Å². The van der Waals surface area contributed by atoms with E-state index < -0.39 is 78.8 Å². The summed E-state index contributed by atoms with van der Waals surface area (Å²) >= 11 is 0. The number of ether oxygens (including phenoxy) is 2. The van der Waals surface area contributed by atoms with Crippen molar-refractivity contribution in [1.29, 1.82) is 0 Å². The highest BCUT2D eigenvalue weighted by atomic mass is 19.4. The third-order valence-corrected chi connectivity index (χ3v) is 5.74. The standard InChI is InChI=1S/C21H15F19N2O4/c1-8-3-4-9(7-10(8)42-11(43)45-2)41-12(44)46-6-5-13(22,23)14(24,25)15(26,27)16(28,29)17(30,31)18(32,33)19(34,35)20(36,37)21(38,39)40/h3-4,7H,5-6H2,1-2H3,(H,41,44)(H,42,43). The van der Waals surface area contributed by atoms with Crippen LogP contribution in [0.5, 0.6) is 0 Å². The third-order valence-electron chi connectivity index (χ3n) is 5.74. The normalized spacial score (nSPS) is 14.5. The first-order valence-corrected chi connectivity index (χ1v) is 11.2. The molecular weight excluding hydrogens is 705 g/mol. The van der Waals surface area contributed by atoms with E-state index in [1.54, 1.807) is 5.32 Å². The fraction of sp³-hybridized carbons (Fsp3) is 0.619. The van der Waals surface area contributed by atoms with Gasteiger partial charge in [0.1, 0.15) is 0 Å². The Balaban J connectivity index is 3.25. The summed E-state index contributed by atoms with van der Waals surface area (Å²) in [5, 5.41) is 3.83. The van der Waals surface area contributed by atoms with Crippen LogP contribution in [0.1, 0.15) is 12.0 Å². The summed E-state index contributed by atoms with van der Waals surface area (Å²) in [4.78, 5) is 23.0. The van der Waals surface area contributed by atoms with Gasteiger partial charge in [-0.25, -0.2) is 9.59 Å². The van der Waals surface area contributed by atoms with Crippen molar-refractivity contribution in [2.75, 3.05) is 24.4 Å². The Morgan fingerprint density at radius 3 is 1.43 bits per heavy atom. The van der Waals surface area contributed by atoms with Gasteiger partial charge in [0, 0.05) is 11.4 Å². The number of anilines is 2. The smallest absolute Gasteiger partial charge is 0.453 e. The minimum atomic E-state index is -9.02. The summed E-state index contributed by atoms with van der Waals surface area (Å²) in [6, 6.07) is 3.18. The van der Waals surface area contributed by atoms with Gasteiger partial charge in [-0.2, -0.15) is 83.4 Å². The van der Waals surface area contributed by atoms with Gasteiger partial charge < -0.3 is 9.47 Å². The van der Waals surface area contributed by atoms with Crippen molar-refractivity contribution < 1.29 is 102 Å². The number of nitrogens with one attached hydrogen (secondary N) is 2. The van der Waals surface area contributed by atoms with E-state index in [9.17, 15) is 93.0 Å². The third kappa shape index (κ3) is 6.49. The van der Waals surface area contributed by atoms with Crippen LogP contribution in [0.3, 0.4) is 0 Å². The molecule has 266 valence electrons. The van der Waals surface area contributed by atoms with E-state index in [1.165, 1.54) is 13.0 Å². The van der Waals surface area contributed by atoms with Crippen LogP contribution in [0.25, 0.3) is 0 Å². The summed E-state index contributed by atoms with van der Waals surface area (Å²) in [7, 11) is 0.944. The second-order valence-corrected chi connectivity index (χ2v) is 8.88. The van der Waals surface area contributed by atoms with Crippen LogP contribution in [0.2, 0.25) is 0 Å². The summed E-state index contributed by atoms with van der Waals surface area (Å²) < 4.78 is 262. The molecule has 25 heteroatoms. The van der Waals surface area contributed by atoms with Gasteiger partial charge >= 0.3 is 65.7 Å². The number of amides is 2. The van der Waals surface area contributed by atoms with Crippen molar-refractivity contribution in [3.63, 3.8) is 0 Å². The molecule has 46 heavy (non-hydrogen) atoms. The zero-order valence-electron chi connectivity index (χ0n) is 22.0. The highest BCUT2D eigenvalue weighted by Gasteiger charge is 2.96. The predicted octanol–water partition coefficient (Wildman–Crippen LogP) is 8.76. The first kappa shape index (κ1) is 40.5. The van der Waals surface area contributed by atoms with Crippen LogP contribution < -0.4 is 10.6 Å². The molecule has 0 bridgehead atoms. The average Bonchev–Trinajstić information content (AvgIpc) is 2.88. The lowest BCUT2D eigenvalue weighted by Gasteiger charge is -2.43. The van der Waals surface area contributed by atoms with E-state index in [4.69, 9.17) is 0 Å². The van der Waals surface area contributed by atoms with Crippen LogP contribution >= 0.6 is 0 Å². The Labute approximate surface area is 242 Å². The Morgan fingerprint density at radius 1 is 0.609 bits per heavy atom. The minimum absolute atomic E-state index is 0.0683. The molecule has 0 aliphatic heterocycles. The van der Waals surface area contributed by atoms with Gasteiger partial charge in [0.15, 0.2) is 0 Å². The number of hydrogen-bond acceptors (Lipinski definition) is 4. The van der Waals surface area contributed by atoms with Crippen molar-refractivity contribution in [2.45, 2.75) is 66.9 Å². The maximum absolute atomic E-state index is 13.9. The molecular formula is C21H15F19N2O4. The molecule has 0 saturated heterocycles. The van der Waals surface area contributed by atoms with Crippen molar-refractivity contribution in [2.24, 2.45) is 0 Å². The van der Waals surface area contributed by atoms with Gasteiger partial charge in [-0.15, -0.1) is 0 Å². The number of aryl methyl sites for hydroxylation is 1. The molecule has 0 saturated carbocycles. The quantitative estimate of drug-likeness (QED) is 0.212. The molecule has 6 nitrogen and oxygen atoms in total. The van der Waals surface area contributed by atoms with Crippen LogP contribution in [0.15, 0.2) is 18.2 Å². The fourth-order valence-corrected chi connectivity index (χ4v) is 2.97. The SMILES string of the molecule is COC(=O)Nc1cc(NC(=O)OCCC(F)(F)C(F)(F)C(F)(F)C(F)(F)C(F)(F)C(F)(F)C(F)(F)C(F)(F)C(F)(F)F)ccc1C. The number of carbonyl (C=O) groups is 2. The highest BCUT2D eigenvalue weighted by molar-refractivity contribution is 5.89. The molecule has 0 spiro atoms. The monoisotopic (exact) mass is 720 g/mol. The average molecular weight is 720 g/mol. The summed E-state index contributed by atoms with van der Waals surface area (Å²) in [6.07, 6.45) is -13.9. The number of rotatable bonds is 12. The molecule has 0 radical (unpaired) electrons. The molecule has 2 amide bonds. The lowest BCUT2D eigenvalue weighted by molar-refractivity contribution is -0.468. The van der Waals surface area contributed by atoms with Gasteiger partial charge in [-0.05, 0) is 24.6 Å². The Bertz CT molecular complexity index is 1280. The maximum Gasteiger partial charge on any atom is 0.460 e. The molecule has 1 aromatic rings. The number of hydrogen-bond donors (Lipinski definition) is 2. The molecule has 1 rings (SSSR count). The lowest BCUT2D eigenvalue weighted by atomic mass is 9.87. The van der Waals surface area contributed by atoms with E-state index in [0.717, 1.165) is 19.2 Å². The first-order valence-electron chi connectivity index (χ1n) is 11.2. The van der Waals surface area contributed by atoms with Gasteiger partial charge in [-0.3, -0.25) is 10.6 Å². The van der Waals surface area contributed by atoms with Crippen LogP contribution in [-0.4, -0.2) is 79.5 Å². The number of benzene rings is 1. The molecule has 0 unspecified atom stereocenters. The van der Waals surface area contributed by atoms with Gasteiger partial charge in [0.2, 0.25) is 0 Å². The molecule has 1 aromatic carbocycles. The molecule has 0 fully saturated rings. The van der Waals surface area contributed by atoms with E-state index in [2.05, 4.69) is 14.8 Å². The largest absolute Gasteiger partial charge is 0.460 e. The van der Waals surface area contributed by atoms with Crippen molar-refractivity contribution >= 4 is 23.6 Å². The Kier molecular flexibility index (Phi) is 10.8. The van der Waals surface area contributed by atoms with Crippen LogP contribution in [0.4, 0.5) is 104 Å². The molecule has 0 heterocycles. The van der Waals surface area contributed by atoms with E-state index in [-0.39, 0.29) is 11.4 Å². The van der Waals surface area contributed by atoms with E-state index in [1.807, 2.05) is 0 Å². The number of methoxy groups -OCH3 is 1. The first-order chi connectivity index (χ1) is 20.2. The van der Waals surface area contributed by atoms with E-state index in [0.29, 0.717) is 5.56 Å². The molecule has 0 atom stereocenters. The zero-order chi connectivity index (χ0) is 36.8. The fourth-order valence-electron chi connectivity index (χ4n) is 2.97. The number of carbonyl (C=O) groups excluding carboxylic acids is 2. The summed E-state index contributed by atoms with van der Waals surface area (Å²) in [6.45, 7) is -0.799. The van der Waals surface area contributed by atoms with Crippen LogP contribution in [-0.2, 0) is 9.47 Å². The van der Waals surface area contributed by atoms with Crippen molar-refractivity contribution in [3.8, 4) is 0 Å². The maximum atomic E-state index is 13.9.